The number of aromatic nitrogens is 1. The first-order valence-corrected chi connectivity index (χ1v) is 8.27. The lowest BCUT2D eigenvalue weighted by Crippen LogP contribution is -2.38. The molecule has 2 aromatic rings. The average molecular weight is 456 g/mol. The number of nitrogens with one attached hydrogen (secondary N) is 2. The van der Waals surface area contributed by atoms with Gasteiger partial charge in [0.1, 0.15) is 5.82 Å². The topological polar surface area (TPSA) is 49.3 Å². The molecule has 25 heavy (non-hydrogen) atoms. The predicted molar refractivity (Wildman–Crippen MR) is 112 cm³/mol. The van der Waals surface area contributed by atoms with Crippen molar-refractivity contribution in [2.45, 2.75) is 33.7 Å². The molecule has 0 aliphatic rings. The Bertz CT molecular complexity index is 686. The van der Waals surface area contributed by atoms with Crippen LogP contribution in [0.4, 0.5) is 4.39 Å². The van der Waals surface area contributed by atoms with Crippen LogP contribution in [0.3, 0.4) is 0 Å². The lowest BCUT2D eigenvalue weighted by Gasteiger charge is -2.11. The molecule has 0 amide bonds. The molecule has 0 saturated heterocycles. The van der Waals surface area contributed by atoms with Crippen LogP contribution in [0.2, 0.25) is 0 Å². The Morgan fingerprint density at radius 3 is 2.52 bits per heavy atom. The van der Waals surface area contributed by atoms with E-state index in [-0.39, 0.29) is 29.8 Å². The third-order valence-corrected chi connectivity index (χ3v) is 3.67. The Hall–Kier alpha value is -1.70. The Labute approximate surface area is 166 Å². The van der Waals surface area contributed by atoms with E-state index in [4.69, 9.17) is 0 Å². The van der Waals surface area contributed by atoms with Crippen molar-refractivity contribution in [1.82, 2.24) is 15.6 Å². The van der Waals surface area contributed by atoms with Crippen molar-refractivity contribution < 1.29 is 4.39 Å². The molecule has 2 N–H and O–H groups in total. The highest BCUT2D eigenvalue weighted by Crippen LogP contribution is 2.10. The number of rotatable bonds is 6. The van der Waals surface area contributed by atoms with Crippen LogP contribution in [0, 0.1) is 19.7 Å². The minimum absolute atomic E-state index is 0. The van der Waals surface area contributed by atoms with Gasteiger partial charge < -0.3 is 10.6 Å². The number of aliphatic imine (C=N–C) groups is 1. The standard InChI is InChI=1S/C19H25FN4.HI/c1-4-21-19(22-10-9-16-6-5-15(3)23-12-16)24-13-17-7-8-18(20)14(2)11-17;/h5-8,11-12H,4,9-10,13H2,1-3H3,(H2,21,22,24);1H. The number of aryl methyl sites for hydroxylation is 2. The number of hydrogen-bond acceptors (Lipinski definition) is 2. The summed E-state index contributed by atoms with van der Waals surface area (Å²) in [6, 6.07) is 9.21. The number of pyridine rings is 1. The summed E-state index contributed by atoms with van der Waals surface area (Å²) in [5.41, 5.74) is 3.86. The predicted octanol–water partition coefficient (Wildman–Crippen LogP) is 3.75. The molecule has 0 aliphatic carbocycles. The number of guanidine groups is 1. The molecule has 0 unspecified atom stereocenters. The van der Waals surface area contributed by atoms with Crippen LogP contribution in [0.5, 0.6) is 0 Å². The summed E-state index contributed by atoms with van der Waals surface area (Å²) < 4.78 is 13.3. The van der Waals surface area contributed by atoms with Gasteiger partial charge in [-0.2, -0.15) is 0 Å². The van der Waals surface area contributed by atoms with Gasteiger partial charge in [0, 0.05) is 25.0 Å². The summed E-state index contributed by atoms with van der Waals surface area (Å²) in [4.78, 5) is 8.86. The number of halogens is 2. The van der Waals surface area contributed by atoms with Crippen LogP contribution in [0.1, 0.15) is 29.3 Å². The lowest BCUT2D eigenvalue weighted by molar-refractivity contribution is 0.617. The zero-order chi connectivity index (χ0) is 17.4. The van der Waals surface area contributed by atoms with Gasteiger partial charge in [-0.1, -0.05) is 18.2 Å². The highest BCUT2D eigenvalue weighted by Gasteiger charge is 2.01. The third-order valence-electron chi connectivity index (χ3n) is 3.67. The summed E-state index contributed by atoms with van der Waals surface area (Å²) in [5, 5.41) is 6.54. The van der Waals surface area contributed by atoms with Crippen LogP contribution in [-0.2, 0) is 13.0 Å². The van der Waals surface area contributed by atoms with Crippen molar-refractivity contribution in [2.75, 3.05) is 13.1 Å². The molecule has 2 rings (SSSR count). The summed E-state index contributed by atoms with van der Waals surface area (Å²) in [6.07, 6.45) is 2.79. The summed E-state index contributed by atoms with van der Waals surface area (Å²) >= 11 is 0. The van der Waals surface area contributed by atoms with Crippen LogP contribution in [0.25, 0.3) is 0 Å². The second-order valence-corrected chi connectivity index (χ2v) is 5.76. The first-order valence-electron chi connectivity index (χ1n) is 8.27. The monoisotopic (exact) mass is 456 g/mol. The fourth-order valence-electron chi connectivity index (χ4n) is 2.29. The lowest BCUT2D eigenvalue weighted by atomic mass is 10.1. The van der Waals surface area contributed by atoms with Crippen molar-refractivity contribution >= 4 is 29.9 Å². The molecule has 0 saturated carbocycles. The molecule has 0 aliphatic heterocycles. The molecule has 136 valence electrons. The largest absolute Gasteiger partial charge is 0.357 e. The zero-order valence-electron chi connectivity index (χ0n) is 15.0. The fourth-order valence-corrected chi connectivity index (χ4v) is 2.29. The van der Waals surface area contributed by atoms with Gasteiger partial charge in [-0.05, 0) is 56.0 Å². The quantitative estimate of drug-likeness (QED) is 0.396. The molecular formula is C19H26FIN4. The van der Waals surface area contributed by atoms with E-state index in [0.717, 1.165) is 36.7 Å². The highest BCUT2D eigenvalue weighted by atomic mass is 127. The first kappa shape index (κ1) is 21.3. The van der Waals surface area contributed by atoms with Crippen LogP contribution < -0.4 is 10.6 Å². The van der Waals surface area contributed by atoms with E-state index >= 15 is 0 Å². The van der Waals surface area contributed by atoms with E-state index in [2.05, 4.69) is 26.7 Å². The van der Waals surface area contributed by atoms with Gasteiger partial charge >= 0.3 is 0 Å². The second kappa shape index (κ2) is 11.0. The van der Waals surface area contributed by atoms with Crippen LogP contribution in [-0.4, -0.2) is 24.0 Å². The maximum absolute atomic E-state index is 13.3. The smallest absolute Gasteiger partial charge is 0.191 e. The average Bonchev–Trinajstić information content (AvgIpc) is 2.57. The molecule has 0 spiro atoms. The van der Waals surface area contributed by atoms with Crippen molar-refractivity contribution in [3.05, 3.63) is 64.7 Å². The molecule has 4 nitrogen and oxygen atoms in total. The Morgan fingerprint density at radius 1 is 1.12 bits per heavy atom. The minimum Gasteiger partial charge on any atom is -0.357 e. The maximum atomic E-state index is 13.3. The molecule has 0 atom stereocenters. The van der Waals surface area contributed by atoms with Gasteiger partial charge in [-0.15, -0.1) is 24.0 Å². The van der Waals surface area contributed by atoms with Crippen LogP contribution >= 0.6 is 24.0 Å². The normalized spacial score (nSPS) is 11.0. The van der Waals surface area contributed by atoms with Gasteiger partial charge in [0.25, 0.3) is 0 Å². The number of benzene rings is 1. The van der Waals surface area contributed by atoms with E-state index in [1.165, 1.54) is 11.6 Å². The Balaban J connectivity index is 0.00000312. The zero-order valence-corrected chi connectivity index (χ0v) is 17.3. The molecule has 1 aromatic heterocycles. The van der Waals surface area contributed by atoms with E-state index in [1.807, 2.05) is 32.2 Å². The molecular weight excluding hydrogens is 430 g/mol. The van der Waals surface area contributed by atoms with Crippen molar-refractivity contribution in [3.63, 3.8) is 0 Å². The van der Waals surface area contributed by atoms with E-state index in [1.54, 1.807) is 13.0 Å². The fraction of sp³-hybridized carbons (Fsp3) is 0.368. The highest BCUT2D eigenvalue weighted by molar-refractivity contribution is 14.0. The van der Waals surface area contributed by atoms with Gasteiger partial charge in [-0.3, -0.25) is 4.98 Å². The van der Waals surface area contributed by atoms with Crippen molar-refractivity contribution in [1.29, 1.82) is 0 Å². The second-order valence-electron chi connectivity index (χ2n) is 5.76. The minimum atomic E-state index is -0.181. The Kier molecular flexibility index (Phi) is 9.41. The van der Waals surface area contributed by atoms with Gasteiger partial charge in [0.2, 0.25) is 0 Å². The SMILES string of the molecule is CCNC(=NCc1ccc(F)c(C)c1)NCCc1ccc(C)nc1.I. The van der Waals surface area contributed by atoms with Crippen molar-refractivity contribution in [3.8, 4) is 0 Å². The first-order chi connectivity index (χ1) is 11.6. The van der Waals surface area contributed by atoms with Gasteiger partial charge in [0.15, 0.2) is 5.96 Å². The molecule has 0 fully saturated rings. The molecule has 1 heterocycles. The molecule has 6 heteroatoms. The number of nitrogens with zero attached hydrogens (tertiary/aromatic N) is 2. The van der Waals surface area contributed by atoms with E-state index in [0.29, 0.717) is 12.1 Å². The maximum Gasteiger partial charge on any atom is 0.191 e. The summed E-state index contributed by atoms with van der Waals surface area (Å²) in [7, 11) is 0. The number of hydrogen-bond donors (Lipinski definition) is 2. The molecule has 0 bridgehead atoms. The van der Waals surface area contributed by atoms with E-state index < -0.39 is 0 Å². The van der Waals surface area contributed by atoms with Gasteiger partial charge in [-0.25, -0.2) is 9.38 Å². The summed E-state index contributed by atoms with van der Waals surface area (Å²) in [6.45, 7) is 7.86. The van der Waals surface area contributed by atoms with Crippen molar-refractivity contribution in [2.24, 2.45) is 4.99 Å². The van der Waals surface area contributed by atoms with E-state index in [9.17, 15) is 4.39 Å². The Morgan fingerprint density at radius 2 is 1.88 bits per heavy atom. The summed E-state index contributed by atoms with van der Waals surface area (Å²) in [5.74, 6) is 0.582. The molecule has 1 aromatic carbocycles. The third kappa shape index (κ3) is 7.37. The molecule has 0 radical (unpaired) electrons. The van der Waals surface area contributed by atoms with Gasteiger partial charge in [0.05, 0.1) is 6.54 Å². The van der Waals surface area contributed by atoms with Crippen LogP contribution in [0.15, 0.2) is 41.5 Å².